The molecule has 0 heterocycles. The summed E-state index contributed by atoms with van der Waals surface area (Å²) in [6.45, 7) is 19.7. The van der Waals surface area contributed by atoms with E-state index in [2.05, 4.69) is 48.5 Å². The molecule has 3 unspecified atom stereocenters. The van der Waals surface area contributed by atoms with Gasteiger partial charge in [-0.3, -0.25) is 4.79 Å². The molecular formula is C16H32O2. The van der Waals surface area contributed by atoms with Gasteiger partial charge in [-0.05, 0) is 29.6 Å². The van der Waals surface area contributed by atoms with Gasteiger partial charge in [0.25, 0.3) is 0 Å². The van der Waals surface area contributed by atoms with E-state index in [1.54, 1.807) is 0 Å². The van der Waals surface area contributed by atoms with Gasteiger partial charge in [0, 0.05) is 6.42 Å². The molecule has 108 valence electrons. The summed E-state index contributed by atoms with van der Waals surface area (Å²) in [4.78, 5) is 11.4. The van der Waals surface area contributed by atoms with Crippen molar-refractivity contribution in [2.75, 3.05) is 0 Å². The third-order valence-electron chi connectivity index (χ3n) is 5.21. The Labute approximate surface area is 113 Å². The van der Waals surface area contributed by atoms with Gasteiger partial charge >= 0.3 is 5.97 Å². The Morgan fingerprint density at radius 1 is 1.06 bits per heavy atom. The first-order chi connectivity index (χ1) is 7.95. The largest absolute Gasteiger partial charge is 0.462 e. The van der Waals surface area contributed by atoms with Crippen molar-refractivity contribution < 1.29 is 9.53 Å². The Kier molecular flexibility index (Phi) is 5.90. The highest BCUT2D eigenvalue weighted by Gasteiger charge is 2.41. The smallest absolute Gasteiger partial charge is 0.305 e. The van der Waals surface area contributed by atoms with Gasteiger partial charge < -0.3 is 4.74 Å². The van der Waals surface area contributed by atoms with Gasteiger partial charge in [-0.15, -0.1) is 0 Å². The first-order valence-electron chi connectivity index (χ1n) is 7.14. The Morgan fingerprint density at radius 2 is 1.50 bits per heavy atom. The van der Waals surface area contributed by atoms with E-state index in [-0.39, 0.29) is 22.9 Å². The van der Waals surface area contributed by atoms with Crippen LogP contribution in [0.1, 0.15) is 68.7 Å². The van der Waals surface area contributed by atoms with Crippen molar-refractivity contribution in [2.45, 2.75) is 74.8 Å². The van der Waals surface area contributed by atoms with Gasteiger partial charge in [-0.25, -0.2) is 0 Å². The third-order valence-corrected chi connectivity index (χ3v) is 5.21. The highest BCUT2D eigenvalue weighted by atomic mass is 16.5. The predicted molar refractivity (Wildman–Crippen MR) is 77.4 cm³/mol. The van der Waals surface area contributed by atoms with Gasteiger partial charge in [0.15, 0.2) is 0 Å². The molecule has 0 saturated heterocycles. The molecule has 2 heteroatoms. The summed E-state index contributed by atoms with van der Waals surface area (Å²) in [5.41, 5.74) is 0.425. The quantitative estimate of drug-likeness (QED) is 0.668. The Bertz CT molecular complexity index is 273. The fraction of sp³-hybridized carbons (Fsp3) is 0.938. The normalized spacial score (nSPS) is 18.1. The minimum atomic E-state index is -0.102. The molecule has 0 aromatic carbocycles. The van der Waals surface area contributed by atoms with Crippen LogP contribution in [0.2, 0.25) is 0 Å². The number of carbonyl (C=O) groups is 1. The molecule has 0 N–H and O–H groups in total. The second-order valence-electron chi connectivity index (χ2n) is 7.17. The minimum absolute atomic E-state index is 0.0194. The molecule has 2 nitrogen and oxygen atoms in total. The molecule has 0 spiro atoms. The van der Waals surface area contributed by atoms with E-state index in [1.807, 2.05) is 13.8 Å². The molecule has 0 bridgehead atoms. The van der Waals surface area contributed by atoms with Crippen molar-refractivity contribution in [2.24, 2.45) is 22.7 Å². The third kappa shape index (κ3) is 4.00. The summed E-state index contributed by atoms with van der Waals surface area (Å²) in [5, 5.41) is 0. The van der Waals surface area contributed by atoms with Gasteiger partial charge in [0.2, 0.25) is 0 Å². The Hall–Kier alpha value is -0.530. The molecule has 0 aromatic rings. The summed E-state index contributed by atoms with van der Waals surface area (Å²) in [7, 11) is 0. The van der Waals surface area contributed by atoms with Crippen LogP contribution in [0, 0.1) is 22.7 Å². The second-order valence-corrected chi connectivity index (χ2v) is 7.17. The van der Waals surface area contributed by atoms with E-state index in [4.69, 9.17) is 4.74 Å². The van der Waals surface area contributed by atoms with Gasteiger partial charge in [0.05, 0.1) is 0 Å². The van der Waals surface area contributed by atoms with Crippen LogP contribution in [0.15, 0.2) is 0 Å². The van der Waals surface area contributed by atoms with Crippen LogP contribution in [0.4, 0.5) is 0 Å². The monoisotopic (exact) mass is 256 g/mol. The SMILES string of the molecule is CCC(=O)OC(C)C(C)C(C)C(C)(C)C(C)(C)C. The maximum atomic E-state index is 11.4. The molecule has 18 heavy (non-hydrogen) atoms. The van der Waals surface area contributed by atoms with Gasteiger partial charge in [-0.2, -0.15) is 0 Å². The average Bonchev–Trinajstić information content (AvgIpc) is 2.24. The van der Waals surface area contributed by atoms with Crippen LogP contribution in [0.3, 0.4) is 0 Å². The van der Waals surface area contributed by atoms with E-state index in [1.165, 1.54) is 0 Å². The van der Waals surface area contributed by atoms with E-state index in [0.29, 0.717) is 18.3 Å². The molecule has 0 saturated carbocycles. The maximum Gasteiger partial charge on any atom is 0.305 e. The van der Waals surface area contributed by atoms with Crippen LogP contribution in [0.5, 0.6) is 0 Å². The molecular weight excluding hydrogens is 224 g/mol. The van der Waals surface area contributed by atoms with E-state index in [0.717, 1.165) is 0 Å². The fourth-order valence-corrected chi connectivity index (χ4v) is 2.14. The van der Waals surface area contributed by atoms with Crippen LogP contribution in [0.25, 0.3) is 0 Å². The maximum absolute atomic E-state index is 11.4. The molecule has 3 atom stereocenters. The summed E-state index contributed by atoms with van der Waals surface area (Å²) >= 11 is 0. The minimum Gasteiger partial charge on any atom is -0.462 e. The summed E-state index contributed by atoms with van der Waals surface area (Å²) < 4.78 is 5.45. The van der Waals surface area contributed by atoms with Crippen molar-refractivity contribution >= 4 is 5.97 Å². The molecule has 0 aliphatic carbocycles. The molecule has 0 radical (unpaired) electrons. The molecule has 0 rings (SSSR count). The lowest BCUT2D eigenvalue weighted by Gasteiger charge is -2.47. The zero-order chi connectivity index (χ0) is 14.7. The van der Waals surface area contributed by atoms with Crippen LogP contribution >= 0.6 is 0 Å². The van der Waals surface area contributed by atoms with Crippen molar-refractivity contribution in [3.63, 3.8) is 0 Å². The molecule has 0 aliphatic heterocycles. The summed E-state index contributed by atoms with van der Waals surface area (Å²) in [6.07, 6.45) is 0.433. The molecule has 0 aliphatic rings. The average molecular weight is 256 g/mol. The lowest BCUT2D eigenvalue weighted by molar-refractivity contribution is -0.152. The number of rotatable bonds is 5. The van der Waals surface area contributed by atoms with Crippen molar-refractivity contribution in [1.29, 1.82) is 0 Å². The highest BCUT2D eigenvalue weighted by molar-refractivity contribution is 5.69. The Balaban J connectivity index is 4.78. The van der Waals surface area contributed by atoms with Crippen LogP contribution in [-0.4, -0.2) is 12.1 Å². The number of esters is 1. The Morgan fingerprint density at radius 3 is 1.83 bits per heavy atom. The number of hydrogen-bond acceptors (Lipinski definition) is 2. The molecule has 0 fully saturated rings. The fourth-order valence-electron chi connectivity index (χ4n) is 2.14. The predicted octanol–water partition coefficient (Wildman–Crippen LogP) is 4.67. The standard InChI is InChI=1S/C16H32O2/c1-10-14(17)18-13(4)11(2)12(3)16(8,9)15(5,6)7/h11-13H,10H2,1-9H3. The van der Waals surface area contributed by atoms with Crippen molar-refractivity contribution in [1.82, 2.24) is 0 Å². The van der Waals surface area contributed by atoms with Crippen LogP contribution in [-0.2, 0) is 9.53 Å². The van der Waals surface area contributed by atoms with Crippen LogP contribution < -0.4 is 0 Å². The highest BCUT2D eigenvalue weighted by Crippen LogP contribution is 2.47. The summed E-state index contributed by atoms with van der Waals surface area (Å²) in [6, 6.07) is 0. The molecule has 0 amide bonds. The lowest BCUT2D eigenvalue weighted by Crippen LogP contribution is -2.42. The van der Waals surface area contributed by atoms with Gasteiger partial charge in [-0.1, -0.05) is 55.4 Å². The lowest BCUT2D eigenvalue weighted by atomic mass is 9.59. The second kappa shape index (κ2) is 6.08. The number of hydrogen-bond donors (Lipinski definition) is 0. The first kappa shape index (κ1) is 17.5. The van der Waals surface area contributed by atoms with E-state index >= 15 is 0 Å². The van der Waals surface area contributed by atoms with Crippen molar-refractivity contribution in [3.05, 3.63) is 0 Å². The van der Waals surface area contributed by atoms with E-state index in [9.17, 15) is 4.79 Å². The molecule has 0 aromatic heterocycles. The summed E-state index contributed by atoms with van der Waals surface area (Å²) in [5.74, 6) is 0.738. The zero-order valence-electron chi connectivity index (χ0n) is 13.8. The topological polar surface area (TPSA) is 26.3 Å². The number of ether oxygens (including phenoxy) is 1. The zero-order valence-corrected chi connectivity index (χ0v) is 13.8. The van der Waals surface area contributed by atoms with Gasteiger partial charge in [0.1, 0.15) is 6.10 Å². The number of carbonyl (C=O) groups excluding carboxylic acids is 1. The van der Waals surface area contributed by atoms with E-state index < -0.39 is 0 Å². The first-order valence-corrected chi connectivity index (χ1v) is 7.14. The van der Waals surface area contributed by atoms with Crippen molar-refractivity contribution in [3.8, 4) is 0 Å².